The second-order valence-corrected chi connectivity index (χ2v) is 5.96. The van der Waals surface area contributed by atoms with Crippen LogP contribution in [0.5, 0.6) is 5.06 Å². The third-order valence-electron chi connectivity index (χ3n) is 2.98. The summed E-state index contributed by atoms with van der Waals surface area (Å²) in [6.45, 7) is 1.38. The second-order valence-electron chi connectivity index (χ2n) is 4.59. The number of carbonyl (C=O) groups is 1. The number of hydrogen-bond donors (Lipinski definition) is 0. The first kappa shape index (κ1) is 14.8. The van der Waals surface area contributed by atoms with Gasteiger partial charge in [0, 0.05) is 18.1 Å². The minimum absolute atomic E-state index is 0.369. The van der Waals surface area contributed by atoms with Crippen molar-refractivity contribution in [3.05, 3.63) is 59.6 Å². The Kier molecular flexibility index (Phi) is 4.22. The number of thiazole rings is 1. The van der Waals surface area contributed by atoms with E-state index in [0.717, 1.165) is 16.1 Å². The van der Waals surface area contributed by atoms with Crippen LogP contribution in [0.2, 0.25) is 5.02 Å². The smallest absolute Gasteiger partial charge is 0.308 e. The predicted octanol–water partition coefficient (Wildman–Crippen LogP) is 5.06. The van der Waals surface area contributed by atoms with E-state index in [9.17, 15) is 4.79 Å². The van der Waals surface area contributed by atoms with Gasteiger partial charge < -0.3 is 4.74 Å². The van der Waals surface area contributed by atoms with Gasteiger partial charge in [-0.2, -0.15) is 0 Å². The van der Waals surface area contributed by atoms with Crippen molar-refractivity contribution in [2.45, 2.75) is 6.92 Å². The first-order valence-electron chi connectivity index (χ1n) is 6.64. The topological polar surface area (TPSA) is 39.2 Å². The Morgan fingerprint density at radius 2 is 1.77 bits per heavy atom. The van der Waals surface area contributed by atoms with Crippen LogP contribution < -0.4 is 4.74 Å². The van der Waals surface area contributed by atoms with Crippen LogP contribution >= 0.6 is 22.9 Å². The van der Waals surface area contributed by atoms with Crippen LogP contribution in [-0.2, 0) is 4.79 Å². The standard InChI is InChI=1S/C17H12ClNO2S/c1-11(20)21-17-15(12-7-3-2-4-8-12)19-16(22-17)13-9-5-6-10-14(13)18/h2-10H,1H3. The van der Waals surface area contributed by atoms with Gasteiger partial charge in [0.2, 0.25) is 5.06 Å². The van der Waals surface area contributed by atoms with E-state index >= 15 is 0 Å². The zero-order valence-electron chi connectivity index (χ0n) is 11.7. The van der Waals surface area contributed by atoms with Crippen LogP contribution in [0.3, 0.4) is 0 Å². The number of nitrogens with zero attached hydrogens (tertiary/aromatic N) is 1. The van der Waals surface area contributed by atoms with E-state index in [1.807, 2.05) is 54.6 Å². The Labute approximate surface area is 137 Å². The molecule has 0 fully saturated rings. The summed E-state index contributed by atoms with van der Waals surface area (Å²) >= 11 is 7.54. The van der Waals surface area contributed by atoms with Crippen LogP contribution in [0.25, 0.3) is 21.8 Å². The monoisotopic (exact) mass is 329 g/mol. The van der Waals surface area contributed by atoms with Crippen molar-refractivity contribution in [1.82, 2.24) is 4.98 Å². The van der Waals surface area contributed by atoms with Gasteiger partial charge in [-0.05, 0) is 6.07 Å². The number of carbonyl (C=O) groups excluding carboxylic acids is 1. The molecule has 0 N–H and O–H groups in total. The molecule has 1 heterocycles. The summed E-state index contributed by atoms with van der Waals surface area (Å²) in [5.74, 6) is -0.369. The highest BCUT2D eigenvalue weighted by Crippen LogP contribution is 2.41. The fourth-order valence-electron chi connectivity index (χ4n) is 2.03. The molecule has 0 saturated carbocycles. The Bertz CT molecular complexity index is 815. The molecule has 3 nitrogen and oxygen atoms in total. The third-order valence-corrected chi connectivity index (χ3v) is 4.28. The van der Waals surface area contributed by atoms with Crippen molar-refractivity contribution >= 4 is 28.9 Å². The molecule has 0 aliphatic rings. The van der Waals surface area contributed by atoms with Crippen LogP contribution in [0.4, 0.5) is 0 Å². The molecule has 0 amide bonds. The molecule has 0 spiro atoms. The zero-order valence-corrected chi connectivity index (χ0v) is 13.3. The fourth-order valence-corrected chi connectivity index (χ4v) is 3.34. The van der Waals surface area contributed by atoms with E-state index in [0.29, 0.717) is 15.8 Å². The van der Waals surface area contributed by atoms with Gasteiger partial charge in [0.25, 0.3) is 0 Å². The lowest BCUT2D eigenvalue weighted by Gasteiger charge is -2.00. The SMILES string of the molecule is CC(=O)Oc1sc(-c2ccccc2Cl)nc1-c1ccccc1. The lowest BCUT2D eigenvalue weighted by molar-refractivity contribution is -0.131. The van der Waals surface area contributed by atoms with Gasteiger partial charge in [-0.1, -0.05) is 71.5 Å². The van der Waals surface area contributed by atoms with E-state index in [1.165, 1.54) is 18.3 Å². The van der Waals surface area contributed by atoms with E-state index < -0.39 is 0 Å². The molecule has 0 unspecified atom stereocenters. The average Bonchev–Trinajstić information content (AvgIpc) is 2.91. The number of benzene rings is 2. The van der Waals surface area contributed by atoms with Crippen molar-refractivity contribution in [2.75, 3.05) is 0 Å². The van der Waals surface area contributed by atoms with Gasteiger partial charge in [-0.15, -0.1) is 0 Å². The lowest BCUT2D eigenvalue weighted by Crippen LogP contribution is -2.00. The number of esters is 1. The van der Waals surface area contributed by atoms with Crippen LogP contribution in [-0.4, -0.2) is 11.0 Å². The molecule has 5 heteroatoms. The van der Waals surface area contributed by atoms with Crippen molar-refractivity contribution in [3.8, 4) is 26.9 Å². The Balaban J connectivity index is 2.13. The molecule has 0 saturated heterocycles. The molecule has 0 aliphatic heterocycles. The minimum Gasteiger partial charge on any atom is -0.413 e. The van der Waals surface area contributed by atoms with E-state index in [-0.39, 0.29) is 5.97 Å². The average molecular weight is 330 g/mol. The second kappa shape index (κ2) is 6.30. The molecule has 2 aromatic carbocycles. The highest BCUT2D eigenvalue weighted by Gasteiger charge is 2.18. The van der Waals surface area contributed by atoms with Crippen LogP contribution in [0.15, 0.2) is 54.6 Å². The first-order valence-corrected chi connectivity index (χ1v) is 7.84. The Morgan fingerprint density at radius 1 is 1.09 bits per heavy atom. The maximum absolute atomic E-state index is 11.3. The number of aromatic nitrogens is 1. The van der Waals surface area contributed by atoms with Gasteiger partial charge in [-0.25, -0.2) is 4.98 Å². The van der Waals surface area contributed by atoms with Crippen LogP contribution in [0, 0.1) is 0 Å². The number of ether oxygens (including phenoxy) is 1. The molecule has 1 aromatic heterocycles. The summed E-state index contributed by atoms with van der Waals surface area (Å²) in [6.07, 6.45) is 0. The molecule has 0 bridgehead atoms. The molecule has 0 radical (unpaired) electrons. The fraction of sp³-hybridized carbons (Fsp3) is 0.0588. The molecule has 0 aliphatic carbocycles. The molecular formula is C17H12ClNO2S. The normalized spacial score (nSPS) is 10.5. The lowest BCUT2D eigenvalue weighted by atomic mass is 10.2. The third kappa shape index (κ3) is 3.03. The maximum atomic E-state index is 11.3. The summed E-state index contributed by atoms with van der Waals surface area (Å²) in [4.78, 5) is 16.0. The summed E-state index contributed by atoms with van der Waals surface area (Å²) < 4.78 is 5.32. The summed E-state index contributed by atoms with van der Waals surface area (Å²) in [7, 11) is 0. The van der Waals surface area contributed by atoms with Gasteiger partial charge in [0.15, 0.2) is 0 Å². The van der Waals surface area contributed by atoms with E-state index in [1.54, 1.807) is 0 Å². The van der Waals surface area contributed by atoms with Crippen LogP contribution in [0.1, 0.15) is 6.92 Å². The van der Waals surface area contributed by atoms with E-state index in [4.69, 9.17) is 16.3 Å². The molecule has 3 aromatic rings. The van der Waals surface area contributed by atoms with E-state index in [2.05, 4.69) is 4.98 Å². The van der Waals surface area contributed by atoms with Crippen molar-refractivity contribution < 1.29 is 9.53 Å². The summed E-state index contributed by atoms with van der Waals surface area (Å²) in [5, 5.41) is 1.82. The number of hydrogen-bond acceptors (Lipinski definition) is 4. The molecule has 110 valence electrons. The van der Waals surface area contributed by atoms with Gasteiger partial charge in [-0.3, -0.25) is 4.79 Å². The van der Waals surface area contributed by atoms with Gasteiger partial charge in [0.1, 0.15) is 10.7 Å². The molecular weight excluding hydrogens is 318 g/mol. The van der Waals surface area contributed by atoms with Gasteiger partial charge >= 0.3 is 5.97 Å². The van der Waals surface area contributed by atoms with Crippen molar-refractivity contribution in [2.24, 2.45) is 0 Å². The van der Waals surface area contributed by atoms with Gasteiger partial charge in [0.05, 0.1) is 5.02 Å². The summed E-state index contributed by atoms with van der Waals surface area (Å²) in [5.41, 5.74) is 2.37. The maximum Gasteiger partial charge on any atom is 0.308 e. The molecule has 22 heavy (non-hydrogen) atoms. The van der Waals surface area contributed by atoms with Crippen molar-refractivity contribution in [3.63, 3.8) is 0 Å². The molecule has 0 atom stereocenters. The quantitative estimate of drug-likeness (QED) is 0.631. The number of rotatable bonds is 3. The first-order chi connectivity index (χ1) is 10.6. The number of halogens is 1. The highest BCUT2D eigenvalue weighted by atomic mass is 35.5. The minimum atomic E-state index is -0.369. The Hall–Kier alpha value is -2.17. The molecule has 3 rings (SSSR count). The summed E-state index contributed by atoms with van der Waals surface area (Å²) in [6, 6.07) is 17.1. The Morgan fingerprint density at radius 3 is 2.45 bits per heavy atom. The highest BCUT2D eigenvalue weighted by molar-refractivity contribution is 7.17. The largest absolute Gasteiger partial charge is 0.413 e. The van der Waals surface area contributed by atoms with Crippen molar-refractivity contribution in [1.29, 1.82) is 0 Å². The predicted molar refractivity (Wildman–Crippen MR) is 89.3 cm³/mol. The zero-order chi connectivity index (χ0) is 15.5.